The first-order valence-electron chi connectivity index (χ1n) is 6.77. The zero-order chi connectivity index (χ0) is 15.2. The molecule has 0 aromatic heterocycles. The third-order valence-electron chi connectivity index (χ3n) is 2.42. The minimum Gasteiger partial charge on any atom is -0.494 e. The lowest BCUT2D eigenvalue weighted by molar-refractivity contribution is 0.0635. The summed E-state index contributed by atoms with van der Waals surface area (Å²) in [4.78, 5) is 11.7. The summed E-state index contributed by atoms with van der Waals surface area (Å²) in [6.45, 7) is 8.45. The van der Waals surface area contributed by atoms with E-state index >= 15 is 0 Å². The summed E-state index contributed by atoms with van der Waals surface area (Å²) in [5.74, 6) is 0.594. The minimum atomic E-state index is -0.528. The topological polar surface area (TPSA) is 59.6 Å². The van der Waals surface area contributed by atoms with E-state index in [9.17, 15) is 4.79 Å². The molecule has 0 aliphatic rings. The molecule has 1 aromatic rings. The van der Waals surface area contributed by atoms with Crippen LogP contribution < -0.4 is 15.4 Å². The molecule has 1 rings (SSSR count). The third kappa shape index (κ3) is 5.38. The Hall–Kier alpha value is -1.91. The van der Waals surface area contributed by atoms with E-state index in [-0.39, 0.29) is 0 Å². The first-order chi connectivity index (χ1) is 9.35. The molecular weight excluding hydrogens is 256 g/mol. The smallest absolute Gasteiger partial charge is 0.412 e. The van der Waals surface area contributed by atoms with Crippen LogP contribution in [0.1, 0.15) is 34.1 Å². The van der Waals surface area contributed by atoms with E-state index in [1.165, 1.54) is 0 Å². The van der Waals surface area contributed by atoms with Crippen LogP contribution in [0.2, 0.25) is 0 Å². The number of carbonyl (C=O) groups is 1. The van der Waals surface area contributed by atoms with Gasteiger partial charge in [0.15, 0.2) is 0 Å². The fourth-order valence-corrected chi connectivity index (χ4v) is 1.59. The van der Waals surface area contributed by atoms with Gasteiger partial charge in [0.05, 0.1) is 12.8 Å². The molecule has 0 bridgehead atoms. The monoisotopic (exact) mass is 280 g/mol. The predicted octanol–water partition coefficient (Wildman–Crippen LogP) is 3.86. The highest BCUT2D eigenvalue weighted by atomic mass is 16.6. The average Bonchev–Trinajstić information content (AvgIpc) is 2.35. The molecule has 0 saturated carbocycles. The van der Waals surface area contributed by atoms with Gasteiger partial charge in [-0.15, -0.1) is 0 Å². The Morgan fingerprint density at radius 1 is 1.30 bits per heavy atom. The first kappa shape index (κ1) is 16.1. The van der Waals surface area contributed by atoms with Crippen LogP contribution in [0, 0.1) is 0 Å². The molecule has 0 atom stereocenters. The molecule has 5 heteroatoms. The molecule has 20 heavy (non-hydrogen) atoms. The predicted molar refractivity (Wildman–Crippen MR) is 81.6 cm³/mol. The summed E-state index contributed by atoms with van der Waals surface area (Å²) in [6.07, 6.45) is 0.547. The van der Waals surface area contributed by atoms with Crippen molar-refractivity contribution in [2.24, 2.45) is 0 Å². The summed E-state index contributed by atoms with van der Waals surface area (Å²) >= 11 is 0. The summed E-state index contributed by atoms with van der Waals surface area (Å²) in [5.41, 5.74) is 1.02. The Morgan fingerprint density at radius 3 is 2.55 bits per heavy atom. The lowest BCUT2D eigenvalue weighted by Crippen LogP contribution is -2.27. The molecule has 1 amide bonds. The van der Waals surface area contributed by atoms with Gasteiger partial charge in [0.25, 0.3) is 0 Å². The van der Waals surface area contributed by atoms with Crippen molar-refractivity contribution < 1.29 is 14.3 Å². The van der Waals surface area contributed by atoms with Crippen LogP contribution in [0.25, 0.3) is 0 Å². The van der Waals surface area contributed by atoms with Gasteiger partial charge in [-0.25, -0.2) is 4.79 Å². The number of rotatable bonds is 5. The van der Waals surface area contributed by atoms with Crippen molar-refractivity contribution >= 4 is 17.5 Å². The Morgan fingerprint density at radius 2 is 2.00 bits per heavy atom. The van der Waals surface area contributed by atoms with Crippen LogP contribution in [0.3, 0.4) is 0 Å². The summed E-state index contributed by atoms with van der Waals surface area (Å²) in [7, 11) is 1.57. The fraction of sp³-hybridized carbons (Fsp3) is 0.533. The van der Waals surface area contributed by atoms with Crippen LogP contribution in [0.15, 0.2) is 18.2 Å². The van der Waals surface area contributed by atoms with Crippen molar-refractivity contribution in [1.82, 2.24) is 0 Å². The molecule has 0 aliphatic carbocycles. The van der Waals surface area contributed by atoms with Gasteiger partial charge in [-0.3, -0.25) is 5.32 Å². The van der Waals surface area contributed by atoms with Gasteiger partial charge in [-0.05, 0) is 39.3 Å². The molecule has 0 saturated heterocycles. The minimum absolute atomic E-state index is 0.495. The number of carbonyl (C=O) groups excluding carboxylic acids is 1. The van der Waals surface area contributed by atoms with E-state index in [1.54, 1.807) is 13.2 Å². The van der Waals surface area contributed by atoms with Gasteiger partial charge in [0.2, 0.25) is 0 Å². The van der Waals surface area contributed by atoms with Crippen molar-refractivity contribution in [2.75, 3.05) is 24.3 Å². The number of nitrogens with one attached hydrogen (secondary N) is 2. The van der Waals surface area contributed by atoms with Crippen LogP contribution in [-0.2, 0) is 4.74 Å². The second kappa shape index (κ2) is 7.03. The zero-order valence-corrected chi connectivity index (χ0v) is 12.9. The number of anilines is 2. The second-order valence-corrected chi connectivity index (χ2v) is 5.47. The number of ether oxygens (including phenoxy) is 2. The molecule has 112 valence electrons. The van der Waals surface area contributed by atoms with E-state index in [0.29, 0.717) is 11.4 Å². The summed E-state index contributed by atoms with van der Waals surface area (Å²) < 4.78 is 10.5. The maximum absolute atomic E-state index is 11.7. The molecule has 0 unspecified atom stereocenters. The van der Waals surface area contributed by atoms with Crippen molar-refractivity contribution in [3.8, 4) is 5.75 Å². The molecule has 0 fully saturated rings. The second-order valence-electron chi connectivity index (χ2n) is 5.47. The molecule has 0 aliphatic heterocycles. The van der Waals surface area contributed by atoms with Gasteiger partial charge < -0.3 is 14.8 Å². The molecule has 0 heterocycles. The standard InChI is InChI=1S/C15H24N2O3/c1-6-9-16-11-7-8-12(13(10-11)19-5)17-14(18)20-15(2,3)4/h7-8,10,16H,6,9H2,1-5H3,(H,17,18). The van der Waals surface area contributed by atoms with E-state index < -0.39 is 11.7 Å². The SMILES string of the molecule is CCCNc1ccc(NC(=O)OC(C)(C)C)c(OC)c1. The lowest BCUT2D eigenvalue weighted by atomic mass is 10.2. The number of hydrogen-bond acceptors (Lipinski definition) is 4. The van der Waals surface area contributed by atoms with Crippen molar-refractivity contribution in [3.63, 3.8) is 0 Å². The van der Waals surface area contributed by atoms with Gasteiger partial charge in [-0.2, -0.15) is 0 Å². The highest BCUT2D eigenvalue weighted by molar-refractivity contribution is 5.87. The number of benzene rings is 1. The van der Waals surface area contributed by atoms with E-state index in [2.05, 4.69) is 17.6 Å². The van der Waals surface area contributed by atoms with Gasteiger partial charge >= 0.3 is 6.09 Å². The molecule has 1 aromatic carbocycles. The van der Waals surface area contributed by atoms with Crippen molar-refractivity contribution in [3.05, 3.63) is 18.2 Å². The number of methoxy groups -OCH3 is 1. The number of hydrogen-bond donors (Lipinski definition) is 2. The molecule has 5 nitrogen and oxygen atoms in total. The lowest BCUT2D eigenvalue weighted by Gasteiger charge is -2.20. The summed E-state index contributed by atoms with van der Waals surface area (Å²) in [6, 6.07) is 5.54. The highest BCUT2D eigenvalue weighted by Gasteiger charge is 2.17. The van der Waals surface area contributed by atoms with Crippen molar-refractivity contribution in [1.29, 1.82) is 0 Å². The first-order valence-corrected chi connectivity index (χ1v) is 6.77. The van der Waals surface area contributed by atoms with Gasteiger partial charge in [0, 0.05) is 18.3 Å². The highest BCUT2D eigenvalue weighted by Crippen LogP contribution is 2.28. The maximum Gasteiger partial charge on any atom is 0.412 e. The Bertz CT molecular complexity index is 453. The Labute approximate surface area is 120 Å². The van der Waals surface area contributed by atoms with Crippen LogP contribution in [0.5, 0.6) is 5.75 Å². The molecular formula is C15H24N2O3. The van der Waals surface area contributed by atoms with Crippen LogP contribution in [-0.4, -0.2) is 25.3 Å². The maximum atomic E-state index is 11.7. The van der Waals surface area contributed by atoms with Crippen LogP contribution >= 0.6 is 0 Å². The van der Waals surface area contributed by atoms with Gasteiger partial charge in [-0.1, -0.05) is 6.92 Å². The van der Waals surface area contributed by atoms with Crippen molar-refractivity contribution in [2.45, 2.75) is 39.7 Å². The largest absolute Gasteiger partial charge is 0.494 e. The van der Waals surface area contributed by atoms with E-state index in [4.69, 9.17) is 9.47 Å². The zero-order valence-electron chi connectivity index (χ0n) is 12.9. The fourth-order valence-electron chi connectivity index (χ4n) is 1.59. The molecule has 0 spiro atoms. The Balaban J connectivity index is 2.77. The third-order valence-corrected chi connectivity index (χ3v) is 2.42. The average molecular weight is 280 g/mol. The molecule has 0 radical (unpaired) electrons. The Kier molecular flexibility index (Phi) is 5.67. The number of amides is 1. The molecule has 2 N–H and O–H groups in total. The quantitative estimate of drug-likeness (QED) is 0.859. The van der Waals surface area contributed by atoms with Gasteiger partial charge in [0.1, 0.15) is 11.4 Å². The van der Waals surface area contributed by atoms with E-state index in [0.717, 1.165) is 18.7 Å². The van der Waals surface area contributed by atoms with E-state index in [1.807, 2.05) is 32.9 Å². The van der Waals surface area contributed by atoms with Crippen LogP contribution in [0.4, 0.5) is 16.2 Å². The summed E-state index contributed by atoms with van der Waals surface area (Å²) in [5, 5.41) is 5.95. The normalized spacial score (nSPS) is 10.8.